The Kier molecular flexibility index (Phi) is 3.62. The molecule has 1 heterocycles. The van der Waals surface area contributed by atoms with E-state index in [-0.39, 0.29) is 5.56 Å². The van der Waals surface area contributed by atoms with E-state index in [0.29, 0.717) is 13.1 Å². The zero-order valence-electron chi connectivity index (χ0n) is 8.74. The molecule has 92 valence electrons. The van der Waals surface area contributed by atoms with E-state index in [1.165, 1.54) is 6.07 Å². The molecule has 17 heavy (non-hydrogen) atoms. The van der Waals surface area contributed by atoms with Crippen molar-refractivity contribution in [1.29, 1.82) is 0 Å². The predicted octanol–water partition coefficient (Wildman–Crippen LogP) is 2.41. The number of halogens is 3. The minimum Gasteiger partial charge on any atom is -0.481 e. The van der Waals surface area contributed by atoms with Crippen molar-refractivity contribution in [2.45, 2.75) is 5.92 Å². The summed E-state index contributed by atoms with van der Waals surface area (Å²) in [6, 6.07) is 3.29. The Bertz CT molecular complexity index is 455. The summed E-state index contributed by atoms with van der Waals surface area (Å²) in [4.78, 5) is 11.1. The Balaban J connectivity index is 2.34. The molecular formula is C11H10F2INO2. The van der Waals surface area contributed by atoms with Gasteiger partial charge in [0.1, 0.15) is 11.6 Å². The van der Waals surface area contributed by atoms with E-state index in [0.717, 1.165) is 12.1 Å². The van der Waals surface area contributed by atoms with E-state index >= 15 is 0 Å². The number of carboxylic acid groups (broad SMARTS) is 1. The van der Waals surface area contributed by atoms with Gasteiger partial charge in [0.05, 0.1) is 5.92 Å². The fraction of sp³-hybridized carbons (Fsp3) is 0.364. The average Bonchev–Trinajstić information content (AvgIpc) is 2.60. The highest BCUT2D eigenvalue weighted by Gasteiger charge is 2.39. The number of benzene rings is 1. The molecule has 0 unspecified atom stereocenters. The van der Waals surface area contributed by atoms with Crippen molar-refractivity contribution in [2.75, 3.05) is 13.1 Å². The van der Waals surface area contributed by atoms with Gasteiger partial charge in [-0.25, -0.2) is 11.9 Å². The standard InChI is InChI=1S/C11H10F2INO2/c12-6-1-2-7(10(13)3-6)8-4-15(14)5-9(8)11(16)17/h1-3,8-9H,4-5H2,(H,16,17)/t8-,9+/m0/s1. The van der Waals surface area contributed by atoms with Crippen molar-refractivity contribution in [3.63, 3.8) is 0 Å². The van der Waals surface area contributed by atoms with Gasteiger partial charge in [-0.1, -0.05) is 6.07 Å². The Morgan fingerprint density at radius 1 is 1.41 bits per heavy atom. The van der Waals surface area contributed by atoms with Crippen molar-refractivity contribution < 1.29 is 18.7 Å². The van der Waals surface area contributed by atoms with Crippen LogP contribution in [0, 0.1) is 17.6 Å². The number of nitrogens with zero attached hydrogens (tertiary/aromatic N) is 1. The molecule has 6 heteroatoms. The van der Waals surface area contributed by atoms with Gasteiger partial charge in [-0.3, -0.25) is 4.79 Å². The van der Waals surface area contributed by atoms with Gasteiger partial charge in [0.2, 0.25) is 0 Å². The first-order valence-electron chi connectivity index (χ1n) is 5.07. The maximum atomic E-state index is 13.6. The van der Waals surface area contributed by atoms with E-state index in [1.807, 2.05) is 26.0 Å². The van der Waals surface area contributed by atoms with E-state index in [9.17, 15) is 13.6 Å². The molecule has 0 spiro atoms. The number of carboxylic acids is 1. The van der Waals surface area contributed by atoms with Gasteiger partial charge in [0, 0.05) is 47.9 Å². The summed E-state index contributed by atoms with van der Waals surface area (Å²) in [7, 11) is 0. The molecule has 0 bridgehead atoms. The van der Waals surface area contributed by atoms with Crippen LogP contribution in [0.25, 0.3) is 0 Å². The molecule has 1 aromatic carbocycles. The molecule has 3 nitrogen and oxygen atoms in total. The summed E-state index contributed by atoms with van der Waals surface area (Å²) in [5.74, 6) is -3.34. The summed E-state index contributed by atoms with van der Waals surface area (Å²) in [6.45, 7) is 0.831. The largest absolute Gasteiger partial charge is 0.481 e. The molecule has 1 aliphatic rings. The van der Waals surface area contributed by atoms with Gasteiger partial charge in [0.25, 0.3) is 0 Å². The van der Waals surface area contributed by atoms with Crippen LogP contribution >= 0.6 is 22.9 Å². The van der Waals surface area contributed by atoms with Gasteiger partial charge in [-0.2, -0.15) is 0 Å². The fourth-order valence-electron chi connectivity index (χ4n) is 2.12. The summed E-state index contributed by atoms with van der Waals surface area (Å²) in [6.07, 6.45) is 0. The molecule has 0 aliphatic carbocycles. The second-order valence-electron chi connectivity index (χ2n) is 4.04. The van der Waals surface area contributed by atoms with Gasteiger partial charge in [0.15, 0.2) is 0 Å². The molecular weight excluding hydrogens is 343 g/mol. The number of carbonyl (C=O) groups is 1. The van der Waals surface area contributed by atoms with Gasteiger partial charge in [-0.15, -0.1) is 0 Å². The first kappa shape index (κ1) is 12.7. The second kappa shape index (κ2) is 4.85. The first-order chi connectivity index (χ1) is 7.99. The smallest absolute Gasteiger partial charge is 0.308 e. The normalized spacial score (nSPS) is 25.1. The quantitative estimate of drug-likeness (QED) is 0.656. The van der Waals surface area contributed by atoms with Crippen molar-refractivity contribution in [3.8, 4) is 0 Å². The highest BCUT2D eigenvalue weighted by atomic mass is 127. The Hall–Kier alpha value is -0.760. The lowest BCUT2D eigenvalue weighted by Crippen LogP contribution is -2.21. The van der Waals surface area contributed by atoms with Crippen molar-refractivity contribution in [3.05, 3.63) is 35.4 Å². The molecule has 0 radical (unpaired) electrons. The first-order valence-corrected chi connectivity index (χ1v) is 6.04. The Morgan fingerprint density at radius 2 is 2.12 bits per heavy atom. The van der Waals surface area contributed by atoms with Crippen LogP contribution < -0.4 is 0 Å². The summed E-state index contributed by atoms with van der Waals surface area (Å²) in [5.41, 5.74) is 0.276. The maximum Gasteiger partial charge on any atom is 0.308 e. The third kappa shape index (κ3) is 2.57. The lowest BCUT2D eigenvalue weighted by molar-refractivity contribution is -0.141. The second-order valence-corrected chi connectivity index (χ2v) is 5.41. The topological polar surface area (TPSA) is 40.5 Å². The zero-order valence-corrected chi connectivity index (χ0v) is 10.9. The minimum atomic E-state index is -0.946. The zero-order chi connectivity index (χ0) is 12.6. The third-order valence-corrected chi connectivity index (χ3v) is 3.74. The van der Waals surface area contributed by atoms with Gasteiger partial charge < -0.3 is 5.11 Å². The predicted molar refractivity (Wildman–Crippen MR) is 65.8 cm³/mol. The van der Waals surface area contributed by atoms with Crippen molar-refractivity contribution in [2.24, 2.45) is 5.92 Å². The van der Waals surface area contributed by atoms with Gasteiger partial charge >= 0.3 is 5.97 Å². The van der Waals surface area contributed by atoms with Crippen LogP contribution in [0.3, 0.4) is 0 Å². The van der Waals surface area contributed by atoms with Crippen LogP contribution in [0.1, 0.15) is 11.5 Å². The highest BCUT2D eigenvalue weighted by molar-refractivity contribution is 14.1. The average molecular weight is 353 g/mol. The van der Waals surface area contributed by atoms with E-state index in [1.54, 1.807) is 0 Å². The van der Waals surface area contributed by atoms with Crippen LogP contribution in [0.2, 0.25) is 0 Å². The van der Waals surface area contributed by atoms with Crippen LogP contribution in [0.15, 0.2) is 18.2 Å². The number of rotatable bonds is 2. The van der Waals surface area contributed by atoms with Crippen molar-refractivity contribution in [1.82, 2.24) is 3.11 Å². The molecule has 1 saturated heterocycles. The number of aliphatic carboxylic acids is 1. The molecule has 0 saturated carbocycles. The Labute approximate surface area is 111 Å². The monoisotopic (exact) mass is 353 g/mol. The molecule has 1 fully saturated rings. The number of hydrogen-bond donors (Lipinski definition) is 1. The summed E-state index contributed by atoms with van der Waals surface area (Å²) < 4.78 is 28.2. The van der Waals surface area contributed by atoms with E-state index in [4.69, 9.17) is 5.11 Å². The lowest BCUT2D eigenvalue weighted by atomic mass is 9.89. The Morgan fingerprint density at radius 3 is 2.71 bits per heavy atom. The molecule has 0 amide bonds. The summed E-state index contributed by atoms with van der Waals surface area (Å²) in [5, 5.41) is 9.08. The SMILES string of the molecule is O=C(O)[C@@H]1CN(I)C[C@H]1c1ccc(F)cc1F. The highest BCUT2D eigenvalue weighted by Crippen LogP contribution is 2.35. The lowest BCUT2D eigenvalue weighted by Gasteiger charge is -2.15. The molecule has 2 rings (SSSR count). The van der Waals surface area contributed by atoms with E-state index < -0.39 is 29.4 Å². The molecule has 1 N–H and O–H groups in total. The van der Waals surface area contributed by atoms with Gasteiger partial charge in [-0.05, 0) is 11.6 Å². The van der Waals surface area contributed by atoms with E-state index in [2.05, 4.69) is 0 Å². The van der Waals surface area contributed by atoms with Crippen molar-refractivity contribution >= 4 is 28.8 Å². The van der Waals surface area contributed by atoms with Crippen LogP contribution in [0.4, 0.5) is 8.78 Å². The minimum absolute atomic E-state index is 0.276. The maximum absolute atomic E-state index is 13.6. The number of hydrogen-bond acceptors (Lipinski definition) is 2. The van der Waals surface area contributed by atoms with Crippen LogP contribution in [0.5, 0.6) is 0 Å². The van der Waals surface area contributed by atoms with Crippen LogP contribution in [-0.4, -0.2) is 27.3 Å². The molecule has 1 aliphatic heterocycles. The fourth-order valence-corrected chi connectivity index (χ4v) is 2.97. The molecule has 1 aromatic rings. The molecule has 2 atom stereocenters. The molecule has 0 aromatic heterocycles. The third-order valence-electron chi connectivity index (χ3n) is 2.95. The summed E-state index contributed by atoms with van der Waals surface area (Å²) >= 11 is 2.01. The van der Waals surface area contributed by atoms with Crippen LogP contribution in [-0.2, 0) is 4.79 Å².